The fourth-order valence-corrected chi connectivity index (χ4v) is 2.55. The van der Waals surface area contributed by atoms with Crippen molar-refractivity contribution in [1.82, 2.24) is 4.90 Å². The number of nitrogens with zero attached hydrogens (tertiary/aromatic N) is 2. The molecule has 0 aliphatic heterocycles. The highest BCUT2D eigenvalue weighted by molar-refractivity contribution is 5.96. The molecule has 2 rings (SSSR count). The Morgan fingerprint density at radius 2 is 1.64 bits per heavy atom. The summed E-state index contributed by atoms with van der Waals surface area (Å²) in [4.78, 5) is 16.5. The minimum absolute atomic E-state index is 0.355. The van der Waals surface area contributed by atoms with Crippen LogP contribution < -0.4 is 9.64 Å². The lowest BCUT2D eigenvalue weighted by Crippen LogP contribution is -2.32. The molecule has 0 unspecified atom stereocenters. The van der Waals surface area contributed by atoms with Gasteiger partial charge in [-0.25, -0.2) is 9.69 Å². The Bertz CT molecular complexity index is 657. The summed E-state index contributed by atoms with van der Waals surface area (Å²) in [6, 6.07) is 16.8. The summed E-state index contributed by atoms with van der Waals surface area (Å²) < 4.78 is 10.8. The number of para-hydroxylation sites is 1. The first kappa shape index (κ1) is 18.8. The molecule has 0 aromatic heterocycles. The standard InChI is InChI=1S/C20H26N2O3/c1-4-21(5-2)14-15-25-20(23)22(17-10-7-6-8-11-17)18-12-9-13-19(16-18)24-3/h6-13,16H,4-5,14-15H2,1-3H3. The lowest BCUT2D eigenvalue weighted by molar-refractivity contribution is 0.138. The van der Waals surface area contributed by atoms with Crippen LogP contribution >= 0.6 is 0 Å². The van der Waals surface area contributed by atoms with Gasteiger partial charge in [0.1, 0.15) is 12.4 Å². The highest BCUT2D eigenvalue weighted by atomic mass is 16.6. The lowest BCUT2D eigenvalue weighted by atomic mass is 10.2. The van der Waals surface area contributed by atoms with Gasteiger partial charge < -0.3 is 14.4 Å². The smallest absolute Gasteiger partial charge is 0.418 e. The third kappa shape index (κ3) is 5.22. The van der Waals surface area contributed by atoms with Gasteiger partial charge >= 0.3 is 6.09 Å². The number of benzene rings is 2. The molecule has 0 saturated carbocycles. The Labute approximate surface area is 149 Å². The molecule has 0 radical (unpaired) electrons. The van der Waals surface area contributed by atoms with E-state index in [4.69, 9.17) is 9.47 Å². The zero-order valence-electron chi connectivity index (χ0n) is 15.1. The van der Waals surface area contributed by atoms with Gasteiger partial charge in [-0.15, -0.1) is 0 Å². The van der Waals surface area contributed by atoms with Gasteiger partial charge in [-0.2, -0.15) is 0 Å². The van der Waals surface area contributed by atoms with Crippen LogP contribution in [-0.2, 0) is 4.74 Å². The number of likely N-dealkylation sites (N-methyl/N-ethyl adjacent to an activating group) is 1. The molecule has 0 atom stereocenters. The maximum Gasteiger partial charge on any atom is 0.418 e. The number of carbonyl (C=O) groups excluding carboxylic acids is 1. The molecular formula is C20H26N2O3. The van der Waals surface area contributed by atoms with Crippen LogP contribution in [0.1, 0.15) is 13.8 Å². The van der Waals surface area contributed by atoms with Crippen LogP contribution in [-0.4, -0.2) is 44.3 Å². The third-order valence-corrected chi connectivity index (χ3v) is 4.04. The normalized spacial score (nSPS) is 10.6. The molecule has 0 spiro atoms. The van der Waals surface area contributed by atoms with Crippen molar-refractivity contribution in [3.05, 3.63) is 54.6 Å². The van der Waals surface area contributed by atoms with E-state index in [0.717, 1.165) is 25.3 Å². The third-order valence-electron chi connectivity index (χ3n) is 4.04. The monoisotopic (exact) mass is 342 g/mol. The van der Waals surface area contributed by atoms with Gasteiger partial charge in [-0.3, -0.25) is 0 Å². The van der Waals surface area contributed by atoms with Gasteiger partial charge in [0, 0.05) is 12.6 Å². The van der Waals surface area contributed by atoms with Crippen LogP contribution in [0.3, 0.4) is 0 Å². The molecular weight excluding hydrogens is 316 g/mol. The Hall–Kier alpha value is -2.53. The van der Waals surface area contributed by atoms with Crippen LogP contribution in [0.5, 0.6) is 5.75 Å². The molecule has 0 bridgehead atoms. The summed E-state index contributed by atoms with van der Waals surface area (Å²) in [5.74, 6) is 0.689. The van der Waals surface area contributed by atoms with Crippen molar-refractivity contribution in [2.24, 2.45) is 0 Å². The van der Waals surface area contributed by atoms with Gasteiger partial charge in [0.25, 0.3) is 0 Å². The molecule has 2 aromatic rings. The van der Waals surface area contributed by atoms with E-state index in [1.165, 1.54) is 0 Å². The number of anilines is 2. The van der Waals surface area contributed by atoms with Crippen molar-refractivity contribution in [2.45, 2.75) is 13.8 Å². The number of rotatable bonds is 8. The van der Waals surface area contributed by atoms with Gasteiger partial charge in [-0.05, 0) is 37.4 Å². The molecule has 25 heavy (non-hydrogen) atoms. The van der Waals surface area contributed by atoms with E-state index in [0.29, 0.717) is 18.0 Å². The summed E-state index contributed by atoms with van der Waals surface area (Å²) in [7, 11) is 1.61. The fraction of sp³-hybridized carbons (Fsp3) is 0.350. The van der Waals surface area contributed by atoms with E-state index >= 15 is 0 Å². The van der Waals surface area contributed by atoms with Crippen LogP contribution in [0.2, 0.25) is 0 Å². The molecule has 1 amide bonds. The first-order valence-electron chi connectivity index (χ1n) is 8.58. The van der Waals surface area contributed by atoms with E-state index in [9.17, 15) is 4.79 Å². The highest BCUT2D eigenvalue weighted by Crippen LogP contribution is 2.29. The molecule has 5 nitrogen and oxygen atoms in total. The molecule has 0 aliphatic rings. The number of amides is 1. The first-order valence-corrected chi connectivity index (χ1v) is 8.58. The number of methoxy groups -OCH3 is 1. The van der Waals surface area contributed by atoms with Crippen LogP contribution in [0.4, 0.5) is 16.2 Å². The van der Waals surface area contributed by atoms with Crippen molar-refractivity contribution < 1.29 is 14.3 Å². The predicted octanol–water partition coefficient (Wildman–Crippen LogP) is 4.31. The molecule has 134 valence electrons. The van der Waals surface area contributed by atoms with Crippen LogP contribution in [0.25, 0.3) is 0 Å². The zero-order valence-corrected chi connectivity index (χ0v) is 15.1. The van der Waals surface area contributed by atoms with Crippen molar-refractivity contribution in [3.8, 4) is 5.75 Å². The maximum atomic E-state index is 12.7. The van der Waals surface area contributed by atoms with E-state index in [2.05, 4.69) is 18.7 Å². The second kappa shape index (κ2) is 9.69. The molecule has 2 aromatic carbocycles. The maximum absolute atomic E-state index is 12.7. The minimum atomic E-state index is -0.397. The molecule has 0 fully saturated rings. The summed E-state index contributed by atoms with van der Waals surface area (Å²) in [6.07, 6.45) is -0.397. The highest BCUT2D eigenvalue weighted by Gasteiger charge is 2.20. The van der Waals surface area contributed by atoms with Crippen molar-refractivity contribution in [2.75, 3.05) is 38.3 Å². The van der Waals surface area contributed by atoms with Crippen molar-refractivity contribution in [3.63, 3.8) is 0 Å². The quantitative estimate of drug-likeness (QED) is 0.717. The Balaban J connectivity index is 2.18. The zero-order chi connectivity index (χ0) is 18.1. The van der Waals surface area contributed by atoms with Gasteiger partial charge in [-0.1, -0.05) is 38.1 Å². The topological polar surface area (TPSA) is 42.0 Å². The molecule has 0 heterocycles. The van der Waals surface area contributed by atoms with E-state index in [1.807, 2.05) is 54.6 Å². The number of ether oxygens (including phenoxy) is 2. The largest absolute Gasteiger partial charge is 0.497 e. The number of hydrogen-bond donors (Lipinski definition) is 0. The molecule has 0 N–H and O–H groups in total. The second-order valence-corrected chi connectivity index (χ2v) is 5.51. The molecule has 0 aliphatic carbocycles. The average Bonchev–Trinajstić information content (AvgIpc) is 2.66. The predicted molar refractivity (Wildman–Crippen MR) is 101 cm³/mol. The number of hydrogen-bond acceptors (Lipinski definition) is 4. The van der Waals surface area contributed by atoms with E-state index in [1.54, 1.807) is 12.0 Å². The van der Waals surface area contributed by atoms with Gasteiger partial charge in [0.05, 0.1) is 18.5 Å². The Morgan fingerprint density at radius 3 is 2.28 bits per heavy atom. The lowest BCUT2D eigenvalue weighted by Gasteiger charge is -2.24. The van der Waals surface area contributed by atoms with Crippen LogP contribution in [0.15, 0.2) is 54.6 Å². The average molecular weight is 342 g/mol. The van der Waals surface area contributed by atoms with Gasteiger partial charge in [0.15, 0.2) is 0 Å². The fourth-order valence-electron chi connectivity index (χ4n) is 2.55. The van der Waals surface area contributed by atoms with Crippen LogP contribution in [0, 0.1) is 0 Å². The van der Waals surface area contributed by atoms with Crippen molar-refractivity contribution in [1.29, 1.82) is 0 Å². The summed E-state index contributed by atoms with van der Waals surface area (Å²) in [6.45, 7) is 7.14. The minimum Gasteiger partial charge on any atom is -0.497 e. The Kier molecular flexibility index (Phi) is 7.29. The number of carbonyl (C=O) groups is 1. The summed E-state index contributed by atoms with van der Waals surface area (Å²) in [5.41, 5.74) is 1.46. The molecule has 0 saturated heterocycles. The second-order valence-electron chi connectivity index (χ2n) is 5.51. The SMILES string of the molecule is CCN(CC)CCOC(=O)N(c1ccccc1)c1cccc(OC)c1. The summed E-state index contributed by atoms with van der Waals surface area (Å²) >= 11 is 0. The molecule has 5 heteroatoms. The summed E-state index contributed by atoms with van der Waals surface area (Å²) in [5, 5.41) is 0. The van der Waals surface area contributed by atoms with E-state index < -0.39 is 6.09 Å². The first-order chi connectivity index (χ1) is 12.2. The van der Waals surface area contributed by atoms with Crippen molar-refractivity contribution >= 4 is 17.5 Å². The van der Waals surface area contributed by atoms with E-state index in [-0.39, 0.29) is 0 Å². The van der Waals surface area contributed by atoms with Gasteiger partial charge in [0.2, 0.25) is 0 Å². The Morgan fingerprint density at radius 1 is 0.960 bits per heavy atom.